The summed E-state index contributed by atoms with van der Waals surface area (Å²) in [7, 11) is 0. The van der Waals surface area contributed by atoms with Crippen LogP contribution in [0.3, 0.4) is 0 Å². The lowest BCUT2D eigenvalue weighted by molar-refractivity contribution is -0.114. The molecule has 49 heavy (non-hydrogen) atoms. The predicted octanol–water partition coefficient (Wildman–Crippen LogP) is 8.59. The topological polar surface area (TPSA) is 109 Å². The van der Waals surface area contributed by atoms with Crippen molar-refractivity contribution in [2.45, 2.75) is 11.5 Å². The number of thiazole rings is 1. The average Bonchev–Trinajstić information content (AvgIpc) is 3.84. The summed E-state index contributed by atoms with van der Waals surface area (Å²) in [6, 6.07) is 37.0. The van der Waals surface area contributed by atoms with Gasteiger partial charge in [-0.05, 0) is 71.1 Å². The van der Waals surface area contributed by atoms with Crippen molar-refractivity contribution in [2.24, 2.45) is 0 Å². The number of aromatic nitrogens is 1. The molecule has 0 saturated heterocycles. The normalized spacial score (nSPS) is 11.1. The van der Waals surface area contributed by atoms with E-state index >= 15 is 0 Å². The van der Waals surface area contributed by atoms with E-state index in [1.54, 1.807) is 59.9 Å². The van der Waals surface area contributed by atoms with E-state index in [1.165, 1.54) is 23.1 Å². The smallest absolute Gasteiger partial charge is 0.272 e. The molecule has 0 aliphatic rings. The van der Waals surface area contributed by atoms with E-state index < -0.39 is 11.8 Å². The zero-order valence-corrected chi connectivity index (χ0v) is 28.4. The van der Waals surface area contributed by atoms with Crippen LogP contribution in [0.1, 0.15) is 21.5 Å². The molecule has 8 nitrogen and oxygen atoms in total. The van der Waals surface area contributed by atoms with Gasteiger partial charge in [-0.2, -0.15) is 0 Å². The number of carbonyl (C=O) groups excluding carboxylic acids is 3. The third kappa shape index (κ3) is 9.77. The lowest BCUT2D eigenvalue weighted by Crippen LogP contribution is -2.30. The summed E-state index contributed by atoms with van der Waals surface area (Å²) >= 11 is 4.31. The summed E-state index contributed by atoms with van der Waals surface area (Å²) in [5.41, 5.74) is 3.59. The molecule has 0 radical (unpaired) electrons. The van der Waals surface area contributed by atoms with Gasteiger partial charge in [-0.3, -0.25) is 14.4 Å². The Labute approximate surface area is 295 Å². The van der Waals surface area contributed by atoms with Crippen LogP contribution in [0.2, 0.25) is 0 Å². The first-order valence-corrected chi connectivity index (χ1v) is 17.9. The maximum Gasteiger partial charge on any atom is 0.272 e. The number of ether oxygens (including phenoxy) is 1. The van der Waals surface area contributed by atoms with Gasteiger partial charge in [-0.1, -0.05) is 72.8 Å². The van der Waals surface area contributed by atoms with Crippen LogP contribution >= 0.6 is 34.4 Å². The fourth-order valence-corrected chi connectivity index (χ4v) is 6.79. The molecule has 244 valence electrons. The Bertz CT molecular complexity index is 2050. The van der Waals surface area contributed by atoms with E-state index in [0.29, 0.717) is 34.3 Å². The van der Waals surface area contributed by atoms with E-state index in [4.69, 9.17) is 4.74 Å². The first-order chi connectivity index (χ1) is 24.0. The molecular formula is C38H30N4O4S3. The van der Waals surface area contributed by atoms with E-state index in [-0.39, 0.29) is 17.4 Å². The van der Waals surface area contributed by atoms with Crippen molar-refractivity contribution in [3.63, 3.8) is 0 Å². The van der Waals surface area contributed by atoms with Gasteiger partial charge in [-0.25, -0.2) is 4.98 Å². The third-order valence-corrected chi connectivity index (χ3v) is 9.60. The van der Waals surface area contributed by atoms with Crippen LogP contribution < -0.4 is 20.7 Å². The second kappa shape index (κ2) is 16.6. The quantitative estimate of drug-likeness (QED) is 0.0822. The number of thioether (sulfide) groups is 1. The van der Waals surface area contributed by atoms with Gasteiger partial charge in [0.2, 0.25) is 5.91 Å². The average molecular weight is 703 g/mol. The highest BCUT2D eigenvalue weighted by Gasteiger charge is 2.16. The van der Waals surface area contributed by atoms with Crippen LogP contribution in [0.25, 0.3) is 16.6 Å². The Morgan fingerprint density at radius 3 is 2.33 bits per heavy atom. The monoisotopic (exact) mass is 702 g/mol. The second-order valence-corrected chi connectivity index (χ2v) is 13.4. The van der Waals surface area contributed by atoms with Gasteiger partial charge in [-0.15, -0.1) is 34.4 Å². The van der Waals surface area contributed by atoms with Gasteiger partial charge in [0.1, 0.15) is 18.1 Å². The van der Waals surface area contributed by atoms with E-state index in [2.05, 4.69) is 20.9 Å². The third-order valence-electron chi connectivity index (χ3n) is 6.95. The van der Waals surface area contributed by atoms with Crippen LogP contribution in [-0.2, 0) is 16.2 Å². The van der Waals surface area contributed by atoms with Crippen molar-refractivity contribution >= 4 is 69.1 Å². The number of nitrogens with one attached hydrogen (secondary N) is 3. The summed E-state index contributed by atoms with van der Waals surface area (Å²) in [6.07, 6.45) is 1.61. The Kier molecular flexibility index (Phi) is 11.3. The Morgan fingerprint density at radius 1 is 0.796 bits per heavy atom. The number of amides is 3. The zero-order chi connectivity index (χ0) is 33.8. The van der Waals surface area contributed by atoms with Crippen LogP contribution in [-0.4, -0.2) is 28.5 Å². The number of benzene rings is 4. The van der Waals surface area contributed by atoms with Crippen LogP contribution in [0, 0.1) is 0 Å². The first-order valence-electron chi connectivity index (χ1n) is 15.2. The number of carbonyl (C=O) groups is 3. The number of nitrogens with zero attached hydrogens (tertiary/aromatic N) is 1. The second-order valence-electron chi connectivity index (χ2n) is 10.6. The maximum absolute atomic E-state index is 13.6. The van der Waals surface area contributed by atoms with Gasteiger partial charge in [0.05, 0.1) is 16.3 Å². The highest BCUT2D eigenvalue weighted by Crippen LogP contribution is 2.29. The summed E-state index contributed by atoms with van der Waals surface area (Å²) in [6.45, 7) is 0.432. The molecule has 0 saturated carbocycles. The van der Waals surface area contributed by atoms with Crippen molar-refractivity contribution in [3.05, 3.63) is 154 Å². The SMILES string of the molecule is O=C(CSc1cccc(NC(=O)/C(=C/c2ccc(OCc3ccccc3)cc2)NC(=O)c2ccccc2)c1)Nc1nc(-c2cccs2)cs1. The molecule has 2 aromatic heterocycles. The molecule has 4 aromatic carbocycles. The predicted molar refractivity (Wildman–Crippen MR) is 199 cm³/mol. The summed E-state index contributed by atoms with van der Waals surface area (Å²) in [5.74, 6) is -0.258. The molecule has 0 bridgehead atoms. The van der Waals surface area contributed by atoms with E-state index in [1.807, 2.05) is 89.6 Å². The summed E-state index contributed by atoms with van der Waals surface area (Å²) in [5, 5.41) is 13.0. The van der Waals surface area contributed by atoms with Crippen LogP contribution in [0.15, 0.2) is 143 Å². The van der Waals surface area contributed by atoms with Crippen molar-refractivity contribution in [1.29, 1.82) is 0 Å². The molecule has 0 aliphatic heterocycles. The molecule has 3 N–H and O–H groups in total. The standard InChI is InChI=1S/C38H30N4O4S3/c43-35(42-38-41-33(24-49-38)34-15-8-20-47-34)25-48-31-14-7-13-29(22-31)39-37(45)32(40-36(44)28-11-5-2-6-12-28)21-26-16-18-30(19-17-26)46-23-27-9-3-1-4-10-27/h1-22,24H,23,25H2,(H,39,45)(H,40,44)(H,41,42,43)/b32-21-. The highest BCUT2D eigenvalue weighted by molar-refractivity contribution is 8.00. The minimum atomic E-state index is -0.501. The van der Waals surface area contributed by atoms with Gasteiger partial charge in [0, 0.05) is 21.5 Å². The van der Waals surface area contributed by atoms with Crippen molar-refractivity contribution < 1.29 is 19.1 Å². The van der Waals surface area contributed by atoms with Crippen LogP contribution in [0.4, 0.5) is 10.8 Å². The van der Waals surface area contributed by atoms with Crippen molar-refractivity contribution in [3.8, 4) is 16.3 Å². The summed E-state index contributed by atoms with van der Waals surface area (Å²) < 4.78 is 5.89. The van der Waals surface area contributed by atoms with Gasteiger partial charge >= 0.3 is 0 Å². The number of hydrogen-bond donors (Lipinski definition) is 3. The fraction of sp³-hybridized carbons (Fsp3) is 0.0526. The van der Waals surface area contributed by atoms with Crippen molar-refractivity contribution in [2.75, 3.05) is 16.4 Å². The lowest BCUT2D eigenvalue weighted by atomic mass is 10.1. The molecular weight excluding hydrogens is 673 g/mol. The molecule has 11 heteroatoms. The number of hydrogen-bond acceptors (Lipinski definition) is 8. The van der Waals surface area contributed by atoms with Gasteiger partial charge in [0.15, 0.2) is 5.13 Å². The largest absolute Gasteiger partial charge is 0.489 e. The van der Waals surface area contributed by atoms with Gasteiger partial charge in [0.25, 0.3) is 11.8 Å². The number of rotatable bonds is 13. The molecule has 2 heterocycles. The minimum absolute atomic E-state index is 0.0645. The highest BCUT2D eigenvalue weighted by atomic mass is 32.2. The Morgan fingerprint density at radius 2 is 1.57 bits per heavy atom. The maximum atomic E-state index is 13.6. The minimum Gasteiger partial charge on any atom is -0.489 e. The Balaban J connectivity index is 1.10. The number of thiophene rings is 1. The summed E-state index contributed by atoms with van der Waals surface area (Å²) in [4.78, 5) is 45.7. The van der Waals surface area contributed by atoms with E-state index in [9.17, 15) is 14.4 Å². The number of anilines is 2. The van der Waals surface area contributed by atoms with E-state index in [0.717, 1.165) is 21.0 Å². The fourth-order valence-electron chi connectivity index (χ4n) is 4.55. The first kappa shape index (κ1) is 33.4. The lowest BCUT2D eigenvalue weighted by Gasteiger charge is -2.12. The molecule has 6 aromatic rings. The zero-order valence-electron chi connectivity index (χ0n) is 26.0. The molecule has 0 aliphatic carbocycles. The van der Waals surface area contributed by atoms with Crippen LogP contribution in [0.5, 0.6) is 5.75 Å². The Hall–Kier alpha value is -5.49. The molecule has 6 rings (SSSR count). The molecule has 0 atom stereocenters. The molecule has 0 unspecified atom stereocenters. The molecule has 0 spiro atoms. The van der Waals surface area contributed by atoms with Gasteiger partial charge < -0.3 is 20.7 Å². The molecule has 3 amide bonds. The van der Waals surface area contributed by atoms with Crippen molar-refractivity contribution in [1.82, 2.24) is 10.3 Å². The molecule has 0 fully saturated rings.